The molecule has 1 saturated heterocycles. The maximum atomic E-state index is 6.10. The van der Waals surface area contributed by atoms with Crippen LogP contribution in [0.3, 0.4) is 0 Å². The first-order chi connectivity index (χ1) is 13.3. The Labute approximate surface area is 162 Å². The molecule has 1 aliphatic rings. The highest BCUT2D eigenvalue weighted by atomic mass is 16.5. The van der Waals surface area contributed by atoms with Gasteiger partial charge in [-0.25, -0.2) is 0 Å². The smallest absolute Gasteiger partial charge is 0.128 e. The van der Waals surface area contributed by atoms with E-state index in [9.17, 15) is 0 Å². The number of nitrogens with zero attached hydrogens (tertiary/aromatic N) is 2. The number of aryl methyl sites for hydroxylation is 1. The fraction of sp³-hybridized carbons (Fsp3) is 0.375. The fourth-order valence-electron chi connectivity index (χ4n) is 4.00. The van der Waals surface area contributed by atoms with Crippen molar-refractivity contribution in [2.45, 2.75) is 26.2 Å². The van der Waals surface area contributed by atoms with Gasteiger partial charge in [0.2, 0.25) is 0 Å². The molecule has 1 aromatic heterocycles. The zero-order chi connectivity index (χ0) is 18.5. The van der Waals surface area contributed by atoms with E-state index >= 15 is 0 Å². The molecule has 3 nitrogen and oxygen atoms in total. The average molecular weight is 361 g/mol. The van der Waals surface area contributed by atoms with E-state index in [0.717, 1.165) is 41.4 Å². The van der Waals surface area contributed by atoms with Crippen LogP contribution in [0.25, 0.3) is 10.9 Å². The number of hydrogen-bond donors (Lipinski definition) is 0. The maximum Gasteiger partial charge on any atom is 0.128 e. The summed E-state index contributed by atoms with van der Waals surface area (Å²) in [4.78, 5) is 7.12. The van der Waals surface area contributed by atoms with Crippen molar-refractivity contribution >= 4 is 10.9 Å². The summed E-state index contributed by atoms with van der Waals surface area (Å²) >= 11 is 0. The molecule has 140 valence electrons. The molecule has 1 fully saturated rings. The molecule has 0 N–H and O–H groups in total. The van der Waals surface area contributed by atoms with Gasteiger partial charge < -0.3 is 4.74 Å². The lowest BCUT2D eigenvalue weighted by Crippen LogP contribution is -2.37. The quantitative estimate of drug-likeness (QED) is 0.627. The summed E-state index contributed by atoms with van der Waals surface area (Å²) in [5.74, 6) is 1.76. The summed E-state index contributed by atoms with van der Waals surface area (Å²) in [7, 11) is 0. The molecule has 0 spiro atoms. The summed E-state index contributed by atoms with van der Waals surface area (Å²) in [5, 5.41) is 1.10. The number of ether oxygens (including phenoxy) is 1. The highest BCUT2D eigenvalue weighted by Gasteiger charge is 2.19. The molecule has 0 unspecified atom stereocenters. The number of piperidine rings is 1. The van der Waals surface area contributed by atoms with Gasteiger partial charge in [-0.3, -0.25) is 9.88 Å². The molecular weight excluding hydrogens is 332 g/mol. The van der Waals surface area contributed by atoms with Crippen molar-refractivity contribution in [3.05, 3.63) is 71.9 Å². The lowest BCUT2D eigenvalue weighted by atomic mass is 9.90. The van der Waals surface area contributed by atoms with E-state index in [1.165, 1.54) is 37.9 Å². The van der Waals surface area contributed by atoms with Crippen molar-refractivity contribution in [2.24, 2.45) is 5.92 Å². The van der Waals surface area contributed by atoms with Crippen LogP contribution >= 0.6 is 0 Å². The second-order valence-electron chi connectivity index (χ2n) is 7.60. The molecule has 4 rings (SSSR count). The molecule has 3 aromatic rings. The van der Waals surface area contributed by atoms with Crippen molar-refractivity contribution in [3.8, 4) is 5.75 Å². The SMILES string of the molecule is Cc1ccc2c(OCCN3CCC(Cc4ccccc4)CC3)cccc2n1. The summed E-state index contributed by atoms with van der Waals surface area (Å²) < 4.78 is 6.10. The number of aromatic nitrogens is 1. The number of rotatable bonds is 6. The fourth-order valence-corrected chi connectivity index (χ4v) is 4.00. The summed E-state index contributed by atoms with van der Waals surface area (Å²) in [5.41, 5.74) is 3.52. The van der Waals surface area contributed by atoms with Crippen molar-refractivity contribution in [1.82, 2.24) is 9.88 Å². The summed E-state index contributed by atoms with van der Waals surface area (Å²) in [6, 6.07) is 21.2. The molecule has 2 aromatic carbocycles. The second-order valence-corrected chi connectivity index (χ2v) is 7.60. The highest BCUT2D eigenvalue weighted by Crippen LogP contribution is 2.25. The van der Waals surface area contributed by atoms with E-state index < -0.39 is 0 Å². The third-order valence-electron chi connectivity index (χ3n) is 5.57. The number of hydrogen-bond acceptors (Lipinski definition) is 3. The number of benzene rings is 2. The average Bonchev–Trinajstić information content (AvgIpc) is 2.70. The van der Waals surface area contributed by atoms with Gasteiger partial charge in [0.25, 0.3) is 0 Å². The van der Waals surface area contributed by atoms with Crippen LogP contribution < -0.4 is 4.74 Å². The minimum absolute atomic E-state index is 0.732. The molecule has 2 heterocycles. The monoisotopic (exact) mass is 360 g/mol. The molecule has 27 heavy (non-hydrogen) atoms. The van der Waals surface area contributed by atoms with Crippen LogP contribution in [-0.2, 0) is 6.42 Å². The Kier molecular flexibility index (Phi) is 5.69. The number of likely N-dealkylation sites (tertiary alicyclic amines) is 1. The Balaban J connectivity index is 1.25. The molecule has 0 amide bonds. The first-order valence-corrected chi connectivity index (χ1v) is 10.0. The Morgan fingerprint density at radius 3 is 2.59 bits per heavy atom. The van der Waals surface area contributed by atoms with Gasteiger partial charge in [0.15, 0.2) is 0 Å². The number of fused-ring (bicyclic) bond motifs is 1. The van der Waals surface area contributed by atoms with Crippen LogP contribution in [0.4, 0.5) is 0 Å². The van der Waals surface area contributed by atoms with Gasteiger partial charge in [0, 0.05) is 17.6 Å². The number of pyridine rings is 1. The Morgan fingerprint density at radius 2 is 1.78 bits per heavy atom. The van der Waals surface area contributed by atoms with Crippen LogP contribution in [0.1, 0.15) is 24.1 Å². The molecule has 0 aliphatic carbocycles. The zero-order valence-corrected chi connectivity index (χ0v) is 16.1. The Morgan fingerprint density at radius 1 is 0.963 bits per heavy atom. The molecule has 1 aliphatic heterocycles. The minimum atomic E-state index is 0.732. The van der Waals surface area contributed by atoms with Crippen molar-refractivity contribution < 1.29 is 4.74 Å². The zero-order valence-electron chi connectivity index (χ0n) is 16.1. The molecular formula is C24H28N2O. The molecule has 0 atom stereocenters. The van der Waals surface area contributed by atoms with E-state index in [-0.39, 0.29) is 0 Å². The Bertz CT molecular complexity index is 870. The highest BCUT2D eigenvalue weighted by molar-refractivity contribution is 5.85. The first kappa shape index (κ1) is 18.0. The van der Waals surface area contributed by atoms with E-state index in [0.29, 0.717) is 0 Å². The third-order valence-corrected chi connectivity index (χ3v) is 5.57. The largest absolute Gasteiger partial charge is 0.492 e. The van der Waals surface area contributed by atoms with Crippen molar-refractivity contribution in [1.29, 1.82) is 0 Å². The summed E-state index contributed by atoms with van der Waals surface area (Å²) in [6.45, 7) is 6.10. The predicted octanol–water partition coefficient (Wildman–Crippen LogP) is 4.88. The Hall–Kier alpha value is -2.39. The van der Waals surface area contributed by atoms with Gasteiger partial charge in [-0.2, -0.15) is 0 Å². The standard InChI is InChI=1S/C24H28N2O/c1-19-10-11-22-23(25-19)8-5-9-24(22)27-17-16-26-14-12-21(13-15-26)18-20-6-3-2-4-7-20/h2-11,21H,12-18H2,1H3. The normalized spacial score (nSPS) is 15.9. The maximum absolute atomic E-state index is 6.10. The topological polar surface area (TPSA) is 25.4 Å². The molecule has 0 radical (unpaired) electrons. The van der Waals surface area contributed by atoms with Crippen LogP contribution in [0.5, 0.6) is 5.75 Å². The lowest BCUT2D eigenvalue weighted by molar-refractivity contribution is 0.155. The molecule has 3 heteroatoms. The van der Waals surface area contributed by atoms with Gasteiger partial charge in [-0.15, -0.1) is 0 Å². The van der Waals surface area contributed by atoms with E-state index in [4.69, 9.17) is 4.74 Å². The van der Waals surface area contributed by atoms with Crippen LogP contribution in [0.15, 0.2) is 60.7 Å². The summed E-state index contributed by atoms with van der Waals surface area (Å²) in [6.07, 6.45) is 3.78. The van der Waals surface area contributed by atoms with Gasteiger partial charge >= 0.3 is 0 Å². The molecule has 0 saturated carbocycles. The molecule has 0 bridgehead atoms. The lowest BCUT2D eigenvalue weighted by Gasteiger charge is -2.32. The van der Waals surface area contributed by atoms with Crippen LogP contribution in [0, 0.1) is 12.8 Å². The predicted molar refractivity (Wildman–Crippen MR) is 111 cm³/mol. The van der Waals surface area contributed by atoms with E-state index in [2.05, 4.69) is 46.3 Å². The van der Waals surface area contributed by atoms with Crippen LogP contribution in [0.2, 0.25) is 0 Å². The van der Waals surface area contributed by atoms with Crippen LogP contribution in [-0.4, -0.2) is 36.1 Å². The van der Waals surface area contributed by atoms with Gasteiger partial charge in [0.1, 0.15) is 12.4 Å². The first-order valence-electron chi connectivity index (χ1n) is 10.0. The second kappa shape index (κ2) is 8.53. The van der Waals surface area contributed by atoms with Gasteiger partial charge in [0.05, 0.1) is 5.52 Å². The minimum Gasteiger partial charge on any atom is -0.492 e. The van der Waals surface area contributed by atoms with E-state index in [1.807, 2.05) is 31.2 Å². The van der Waals surface area contributed by atoms with Crippen molar-refractivity contribution in [3.63, 3.8) is 0 Å². The van der Waals surface area contributed by atoms with Gasteiger partial charge in [-0.1, -0.05) is 36.4 Å². The van der Waals surface area contributed by atoms with Gasteiger partial charge in [-0.05, 0) is 75.0 Å². The van der Waals surface area contributed by atoms with Crippen molar-refractivity contribution in [2.75, 3.05) is 26.2 Å². The van der Waals surface area contributed by atoms with E-state index in [1.54, 1.807) is 0 Å². The third kappa shape index (κ3) is 4.67.